The van der Waals surface area contributed by atoms with Gasteiger partial charge < -0.3 is 14.8 Å². The van der Waals surface area contributed by atoms with Gasteiger partial charge in [0, 0.05) is 18.2 Å². The zero-order valence-electron chi connectivity index (χ0n) is 17.3. The maximum absolute atomic E-state index is 12.9. The van der Waals surface area contributed by atoms with E-state index >= 15 is 0 Å². The Bertz CT molecular complexity index is 1400. The predicted octanol–water partition coefficient (Wildman–Crippen LogP) is 3.12. The molecule has 33 heavy (non-hydrogen) atoms. The number of anilines is 1. The van der Waals surface area contributed by atoms with Crippen LogP contribution in [0.15, 0.2) is 75.8 Å². The van der Waals surface area contributed by atoms with Crippen molar-refractivity contribution in [3.05, 3.63) is 66.2 Å². The van der Waals surface area contributed by atoms with Crippen LogP contribution in [0.5, 0.6) is 5.75 Å². The second-order valence-corrected chi connectivity index (χ2v) is 9.44. The van der Waals surface area contributed by atoms with Crippen LogP contribution in [0.1, 0.15) is 12.5 Å². The van der Waals surface area contributed by atoms with E-state index in [2.05, 4.69) is 20.8 Å². The normalized spacial score (nSPS) is 15.2. The monoisotopic (exact) mass is 482 g/mol. The third kappa shape index (κ3) is 5.38. The number of fused-ring (bicyclic) bond motifs is 1. The van der Waals surface area contributed by atoms with Crippen LogP contribution in [-0.4, -0.2) is 37.4 Å². The molecule has 0 spiro atoms. The van der Waals surface area contributed by atoms with Crippen molar-refractivity contribution in [3.8, 4) is 5.75 Å². The van der Waals surface area contributed by atoms with Crippen molar-refractivity contribution in [2.75, 3.05) is 11.1 Å². The Labute approximate surface area is 194 Å². The Hall–Kier alpha value is -3.70. The summed E-state index contributed by atoms with van der Waals surface area (Å²) in [6, 6.07) is 16.3. The summed E-state index contributed by atoms with van der Waals surface area (Å²) < 4.78 is 31.3. The van der Waals surface area contributed by atoms with Crippen LogP contribution in [0, 0.1) is 0 Å². The standard InChI is InChI=1S/C22H18N4O5S2/c1-14(27)24-16-7-9-17(10-8-16)33(29,30)31-20-11-6-15-4-2-3-5-18(15)19(20)12-23-26-22-25-21(28)13-32-22/h2-12H,13H2,1H3,(H,24,27)(H,25,26,28)/b23-12+. The van der Waals surface area contributed by atoms with Crippen LogP contribution in [0.3, 0.4) is 0 Å². The summed E-state index contributed by atoms with van der Waals surface area (Å²) in [7, 11) is -4.17. The van der Waals surface area contributed by atoms with E-state index < -0.39 is 10.1 Å². The maximum Gasteiger partial charge on any atom is 0.339 e. The fourth-order valence-electron chi connectivity index (χ4n) is 3.07. The first-order valence-electron chi connectivity index (χ1n) is 9.69. The molecule has 0 aliphatic carbocycles. The molecule has 0 bridgehead atoms. The number of benzene rings is 3. The Balaban J connectivity index is 1.67. The van der Waals surface area contributed by atoms with Crippen molar-refractivity contribution in [1.82, 2.24) is 5.32 Å². The number of nitrogens with zero attached hydrogens (tertiary/aromatic N) is 2. The third-order valence-electron chi connectivity index (χ3n) is 4.52. The molecule has 1 aliphatic rings. The minimum Gasteiger partial charge on any atom is -0.378 e. The minimum atomic E-state index is -4.17. The molecule has 9 nitrogen and oxygen atoms in total. The molecule has 3 aromatic carbocycles. The molecule has 11 heteroatoms. The largest absolute Gasteiger partial charge is 0.378 e. The van der Waals surface area contributed by atoms with Gasteiger partial charge in [-0.2, -0.15) is 13.5 Å². The van der Waals surface area contributed by atoms with Gasteiger partial charge in [0.2, 0.25) is 11.8 Å². The second-order valence-electron chi connectivity index (χ2n) is 6.93. The number of hydrogen-bond donors (Lipinski definition) is 2. The van der Waals surface area contributed by atoms with Gasteiger partial charge in [-0.3, -0.25) is 9.59 Å². The predicted molar refractivity (Wildman–Crippen MR) is 128 cm³/mol. The van der Waals surface area contributed by atoms with Gasteiger partial charge in [0.15, 0.2) is 10.9 Å². The van der Waals surface area contributed by atoms with Crippen LogP contribution >= 0.6 is 11.8 Å². The molecule has 1 heterocycles. The molecule has 0 atom stereocenters. The van der Waals surface area contributed by atoms with Crippen LogP contribution in [0.2, 0.25) is 0 Å². The highest BCUT2D eigenvalue weighted by Gasteiger charge is 2.20. The first-order valence-corrected chi connectivity index (χ1v) is 12.1. The third-order valence-corrected chi connectivity index (χ3v) is 6.63. The molecule has 0 radical (unpaired) electrons. The molecule has 0 unspecified atom stereocenters. The highest BCUT2D eigenvalue weighted by atomic mass is 32.2. The molecule has 168 valence electrons. The average molecular weight is 483 g/mol. The lowest BCUT2D eigenvalue weighted by molar-refractivity contribution is -0.117. The Morgan fingerprint density at radius 2 is 1.88 bits per heavy atom. The first kappa shape index (κ1) is 22.5. The molecule has 0 aromatic heterocycles. The SMILES string of the molecule is CC(=O)Nc1ccc(S(=O)(=O)Oc2ccc3ccccc3c2/C=N/N=C2\NC(=O)CS2)cc1. The lowest BCUT2D eigenvalue weighted by Crippen LogP contribution is -2.19. The quantitative estimate of drug-likeness (QED) is 0.316. The lowest BCUT2D eigenvalue weighted by Gasteiger charge is -2.12. The smallest absolute Gasteiger partial charge is 0.339 e. The number of nitrogens with one attached hydrogen (secondary N) is 2. The maximum atomic E-state index is 12.9. The summed E-state index contributed by atoms with van der Waals surface area (Å²) in [6.07, 6.45) is 1.39. The van der Waals surface area contributed by atoms with E-state index in [-0.39, 0.29) is 28.2 Å². The van der Waals surface area contributed by atoms with Crippen molar-refractivity contribution in [2.24, 2.45) is 10.2 Å². The van der Waals surface area contributed by atoms with Gasteiger partial charge in [-0.1, -0.05) is 42.1 Å². The Morgan fingerprint density at radius 1 is 1.12 bits per heavy atom. The van der Waals surface area contributed by atoms with E-state index in [9.17, 15) is 18.0 Å². The number of amides is 2. The van der Waals surface area contributed by atoms with Crippen LogP contribution in [0.25, 0.3) is 10.8 Å². The summed E-state index contributed by atoms with van der Waals surface area (Å²) in [4.78, 5) is 22.4. The topological polar surface area (TPSA) is 126 Å². The summed E-state index contributed by atoms with van der Waals surface area (Å²) in [6.45, 7) is 1.36. The molecule has 1 fully saturated rings. The fourth-order valence-corrected chi connectivity index (χ4v) is 4.65. The number of thioether (sulfide) groups is 1. The molecule has 2 amide bonds. The highest BCUT2D eigenvalue weighted by Crippen LogP contribution is 2.29. The van der Waals surface area contributed by atoms with Crippen molar-refractivity contribution >= 4 is 61.5 Å². The van der Waals surface area contributed by atoms with Gasteiger partial charge in [0.05, 0.1) is 12.0 Å². The summed E-state index contributed by atoms with van der Waals surface area (Å²) >= 11 is 1.23. The van der Waals surface area contributed by atoms with Crippen molar-refractivity contribution < 1.29 is 22.2 Å². The average Bonchev–Trinajstić information content (AvgIpc) is 3.20. The van der Waals surface area contributed by atoms with Crippen molar-refractivity contribution in [2.45, 2.75) is 11.8 Å². The van der Waals surface area contributed by atoms with Gasteiger partial charge >= 0.3 is 10.1 Å². The lowest BCUT2D eigenvalue weighted by atomic mass is 10.0. The first-order chi connectivity index (χ1) is 15.8. The zero-order valence-corrected chi connectivity index (χ0v) is 18.9. The summed E-state index contributed by atoms with van der Waals surface area (Å²) in [5, 5.41) is 15.1. The van der Waals surface area contributed by atoms with Crippen LogP contribution in [0.4, 0.5) is 5.69 Å². The molecular formula is C22H18N4O5S2. The molecule has 4 rings (SSSR count). The molecular weight excluding hydrogens is 464 g/mol. The van der Waals surface area contributed by atoms with Gasteiger partial charge in [0.1, 0.15) is 4.90 Å². The van der Waals surface area contributed by atoms with Crippen LogP contribution < -0.4 is 14.8 Å². The van der Waals surface area contributed by atoms with Gasteiger partial charge in [0.25, 0.3) is 0 Å². The fraction of sp³-hybridized carbons (Fsp3) is 0.0909. The van der Waals surface area contributed by atoms with E-state index in [4.69, 9.17) is 4.18 Å². The van der Waals surface area contributed by atoms with Crippen molar-refractivity contribution in [3.63, 3.8) is 0 Å². The summed E-state index contributed by atoms with van der Waals surface area (Å²) in [5.74, 6) is -0.0674. The zero-order chi connectivity index (χ0) is 23.4. The molecule has 1 saturated heterocycles. The highest BCUT2D eigenvalue weighted by molar-refractivity contribution is 8.15. The number of carbonyl (C=O) groups excluding carboxylic acids is 2. The van der Waals surface area contributed by atoms with E-state index in [1.165, 1.54) is 49.2 Å². The van der Waals surface area contributed by atoms with Gasteiger partial charge in [-0.05, 0) is 41.1 Å². The van der Waals surface area contributed by atoms with E-state index in [1.807, 2.05) is 24.3 Å². The summed E-state index contributed by atoms with van der Waals surface area (Å²) in [5.41, 5.74) is 0.890. The second kappa shape index (κ2) is 9.43. The van der Waals surface area contributed by atoms with E-state index in [0.29, 0.717) is 16.4 Å². The number of rotatable bonds is 6. The number of amidine groups is 1. The van der Waals surface area contributed by atoms with E-state index in [1.54, 1.807) is 12.1 Å². The Kier molecular flexibility index (Phi) is 6.43. The molecule has 2 N–H and O–H groups in total. The number of hydrogen-bond acceptors (Lipinski definition) is 8. The number of carbonyl (C=O) groups is 2. The molecule has 3 aromatic rings. The van der Waals surface area contributed by atoms with E-state index in [0.717, 1.165) is 10.8 Å². The molecule has 0 saturated carbocycles. The van der Waals surface area contributed by atoms with Gasteiger partial charge in [-0.15, -0.1) is 5.10 Å². The molecule has 1 aliphatic heterocycles. The van der Waals surface area contributed by atoms with Gasteiger partial charge in [-0.25, -0.2) is 0 Å². The minimum absolute atomic E-state index is 0.0713. The Morgan fingerprint density at radius 3 is 2.58 bits per heavy atom. The van der Waals surface area contributed by atoms with Crippen molar-refractivity contribution in [1.29, 1.82) is 0 Å². The van der Waals surface area contributed by atoms with Crippen LogP contribution in [-0.2, 0) is 19.7 Å².